The highest BCUT2D eigenvalue weighted by atomic mass is 32.1. The highest BCUT2D eigenvalue weighted by molar-refractivity contribution is 7.16. The van der Waals surface area contributed by atoms with Crippen LogP contribution in [0.3, 0.4) is 0 Å². The van der Waals surface area contributed by atoms with Gasteiger partial charge in [0.1, 0.15) is 10.8 Å². The van der Waals surface area contributed by atoms with Crippen LogP contribution in [0.5, 0.6) is 0 Å². The van der Waals surface area contributed by atoms with Gasteiger partial charge in [-0.25, -0.2) is 4.99 Å². The number of carbonyl (C=O) groups is 1. The van der Waals surface area contributed by atoms with E-state index in [0.717, 1.165) is 60.2 Å². The molecule has 1 fully saturated rings. The Hall–Kier alpha value is -2.86. The van der Waals surface area contributed by atoms with Crippen molar-refractivity contribution in [1.29, 1.82) is 0 Å². The van der Waals surface area contributed by atoms with Crippen LogP contribution in [0, 0.1) is 11.3 Å². The average Bonchev–Trinajstić information content (AvgIpc) is 3.47. The fourth-order valence-corrected chi connectivity index (χ4v) is 6.44. The van der Waals surface area contributed by atoms with Crippen LogP contribution in [0.15, 0.2) is 51.9 Å². The van der Waals surface area contributed by atoms with E-state index in [1.165, 1.54) is 29.7 Å². The van der Waals surface area contributed by atoms with E-state index >= 15 is 0 Å². The van der Waals surface area contributed by atoms with Gasteiger partial charge < -0.3 is 14.6 Å². The van der Waals surface area contributed by atoms with Gasteiger partial charge in [0.2, 0.25) is 0 Å². The monoisotopic (exact) mass is 489 g/mol. The molecule has 3 aromatic rings. The van der Waals surface area contributed by atoms with Gasteiger partial charge in [0.15, 0.2) is 5.88 Å². The first-order chi connectivity index (χ1) is 16.9. The Labute approximate surface area is 212 Å². The van der Waals surface area contributed by atoms with Gasteiger partial charge >= 0.3 is 0 Å². The van der Waals surface area contributed by atoms with Crippen molar-refractivity contribution in [3.8, 4) is 0 Å². The molecule has 0 radical (unpaired) electrons. The molecule has 0 unspecified atom stereocenters. The molecular weight excluding hydrogens is 454 g/mol. The van der Waals surface area contributed by atoms with Gasteiger partial charge in [-0.05, 0) is 73.6 Å². The van der Waals surface area contributed by atoms with E-state index in [-0.39, 0.29) is 11.3 Å². The van der Waals surface area contributed by atoms with Crippen molar-refractivity contribution in [2.24, 2.45) is 16.3 Å². The second-order valence-electron chi connectivity index (χ2n) is 10.8. The lowest BCUT2D eigenvalue weighted by Crippen LogP contribution is -2.28. The standard InChI is InChI=1S/C29H35N3O2S/c1-29(2,3)20-12-14-23-24(18-20)35-28(26(23)27(33)31-21-10-6-4-7-11-21)30-19-22-13-15-25(34-22)32-16-8-5-9-17-32/h4,6-7,10-11,13,15,19-20H,5,8-9,12,14,16-18H2,1-3H3,(H,31,33)/t20-/m0/s1. The van der Waals surface area contributed by atoms with Crippen molar-refractivity contribution >= 4 is 40.0 Å². The number of thiophene rings is 1. The van der Waals surface area contributed by atoms with E-state index in [2.05, 4.69) is 31.0 Å². The lowest BCUT2D eigenvalue weighted by molar-refractivity contribution is 0.102. The minimum atomic E-state index is -0.0801. The van der Waals surface area contributed by atoms with Crippen molar-refractivity contribution < 1.29 is 9.21 Å². The smallest absolute Gasteiger partial charge is 0.259 e. The number of furan rings is 1. The zero-order chi connectivity index (χ0) is 24.4. The molecule has 1 saturated heterocycles. The predicted octanol–water partition coefficient (Wildman–Crippen LogP) is 7.49. The molecule has 35 heavy (non-hydrogen) atoms. The van der Waals surface area contributed by atoms with Crippen molar-refractivity contribution in [1.82, 2.24) is 0 Å². The average molecular weight is 490 g/mol. The first-order valence-corrected chi connectivity index (χ1v) is 13.6. The third-order valence-corrected chi connectivity index (χ3v) is 8.48. The number of hydrogen-bond acceptors (Lipinski definition) is 5. The van der Waals surface area contributed by atoms with Crippen LogP contribution in [0.2, 0.25) is 0 Å². The first kappa shape index (κ1) is 23.9. The van der Waals surface area contributed by atoms with Crippen LogP contribution >= 0.6 is 11.3 Å². The van der Waals surface area contributed by atoms with E-state index in [9.17, 15) is 4.79 Å². The highest BCUT2D eigenvalue weighted by Gasteiger charge is 2.33. The maximum absolute atomic E-state index is 13.5. The molecule has 5 nitrogen and oxygen atoms in total. The van der Waals surface area contributed by atoms with E-state index in [0.29, 0.717) is 5.92 Å². The Morgan fingerprint density at radius 3 is 2.63 bits per heavy atom. The molecule has 1 aliphatic heterocycles. The first-order valence-electron chi connectivity index (χ1n) is 12.8. The Kier molecular flexibility index (Phi) is 6.83. The molecule has 1 amide bonds. The number of hydrogen-bond donors (Lipinski definition) is 1. The topological polar surface area (TPSA) is 57.8 Å². The van der Waals surface area contributed by atoms with Crippen LogP contribution in [0.1, 0.15) is 73.0 Å². The van der Waals surface area contributed by atoms with Gasteiger partial charge in [0.25, 0.3) is 5.91 Å². The van der Waals surface area contributed by atoms with E-state index in [1.807, 2.05) is 42.5 Å². The van der Waals surface area contributed by atoms with E-state index in [1.54, 1.807) is 17.6 Å². The Bertz CT molecular complexity index is 1200. The minimum Gasteiger partial charge on any atom is -0.440 e. The number of rotatable bonds is 5. The molecule has 2 aliphatic rings. The summed E-state index contributed by atoms with van der Waals surface area (Å²) in [6.07, 6.45) is 8.49. The summed E-state index contributed by atoms with van der Waals surface area (Å²) in [7, 11) is 0. The number of fused-ring (bicyclic) bond motifs is 1. The van der Waals surface area contributed by atoms with Crippen LogP contribution < -0.4 is 10.2 Å². The number of amides is 1. The van der Waals surface area contributed by atoms with Crippen LogP contribution in [0.4, 0.5) is 16.6 Å². The SMILES string of the molecule is CC(C)(C)[C@H]1CCc2c(sc(N=Cc3ccc(N4CCCCC4)o3)c2C(=O)Nc2ccccc2)C1. The van der Waals surface area contributed by atoms with Crippen LogP contribution in [-0.2, 0) is 12.8 Å². The Morgan fingerprint density at radius 2 is 1.89 bits per heavy atom. The minimum absolute atomic E-state index is 0.0801. The van der Waals surface area contributed by atoms with Crippen molar-refractivity contribution in [3.05, 3.63) is 64.2 Å². The number of nitrogens with zero attached hydrogens (tertiary/aromatic N) is 2. The number of piperidine rings is 1. The molecule has 0 bridgehead atoms. The molecule has 3 heterocycles. The second kappa shape index (κ2) is 10.0. The molecule has 1 N–H and O–H groups in total. The van der Waals surface area contributed by atoms with Gasteiger partial charge in [0, 0.05) is 29.7 Å². The summed E-state index contributed by atoms with van der Waals surface area (Å²) in [5.41, 5.74) is 2.94. The number of carbonyl (C=O) groups excluding carboxylic acids is 1. The lowest BCUT2D eigenvalue weighted by atomic mass is 9.72. The number of anilines is 2. The van der Waals surface area contributed by atoms with Gasteiger partial charge in [-0.3, -0.25) is 4.79 Å². The van der Waals surface area contributed by atoms with Crippen molar-refractivity contribution in [3.63, 3.8) is 0 Å². The third-order valence-electron chi connectivity index (χ3n) is 7.32. The molecule has 184 valence electrons. The highest BCUT2D eigenvalue weighted by Crippen LogP contribution is 2.45. The summed E-state index contributed by atoms with van der Waals surface area (Å²) in [5, 5.41) is 3.86. The van der Waals surface area contributed by atoms with Crippen LogP contribution in [0.25, 0.3) is 0 Å². The number of nitrogens with one attached hydrogen (secondary N) is 1. The Balaban J connectivity index is 1.43. The van der Waals surface area contributed by atoms with Gasteiger partial charge in [-0.2, -0.15) is 0 Å². The fourth-order valence-electron chi connectivity index (χ4n) is 5.17. The lowest BCUT2D eigenvalue weighted by Gasteiger charge is -2.33. The number of aliphatic imine (C=N–C) groups is 1. The molecule has 0 saturated carbocycles. The summed E-state index contributed by atoms with van der Waals surface area (Å²) >= 11 is 1.66. The zero-order valence-electron chi connectivity index (χ0n) is 21.0. The van der Waals surface area contributed by atoms with Gasteiger partial charge in [-0.1, -0.05) is 39.0 Å². The summed E-state index contributed by atoms with van der Waals surface area (Å²) in [4.78, 5) is 21.9. The van der Waals surface area contributed by atoms with Crippen molar-refractivity contribution in [2.75, 3.05) is 23.3 Å². The normalized spacial score (nSPS) is 18.6. The predicted molar refractivity (Wildman–Crippen MR) is 146 cm³/mol. The molecule has 1 atom stereocenters. The zero-order valence-corrected chi connectivity index (χ0v) is 21.8. The molecule has 1 aliphatic carbocycles. The summed E-state index contributed by atoms with van der Waals surface area (Å²) < 4.78 is 6.09. The molecular formula is C29H35N3O2S. The number of para-hydroxylation sites is 1. The second-order valence-corrected chi connectivity index (χ2v) is 11.9. The maximum atomic E-state index is 13.5. The summed E-state index contributed by atoms with van der Waals surface area (Å²) in [5.74, 6) is 2.15. The van der Waals surface area contributed by atoms with Gasteiger partial charge in [-0.15, -0.1) is 11.3 Å². The quantitative estimate of drug-likeness (QED) is 0.378. The molecule has 6 heteroatoms. The third kappa shape index (κ3) is 5.37. The molecule has 5 rings (SSSR count). The molecule has 1 aromatic carbocycles. The van der Waals surface area contributed by atoms with E-state index in [4.69, 9.17) is 9.41 Å². The van der Waals surface area contributed by atoms with E-state index < -0.39 is 0 Å². The fraction of sp³-hybridized carbons (Fsp3) is 0.448. The van der Waals surface area contributed by atoms with Gasteiger partial charge in [0.05, 0.1) is 11.8 Å². The maximum Gasteiger partial charge on any atom is 0.259 e. The molecule has 2 aromatic heterocycles. The summed E-state index contributed by atoms with van der Waals surface area (Å²) in [6, 6.07) is 13.7. The number of benzene rings is 1. The van der Waals surface area contributed by atoms with Crippen LogP contribution in [-0.4, -0.2) is 25.2 Å². The van der Waals surface area contributed by atoms with Crippen molar-refractivity contribution in [2.45, 2.75) is 59.3 Å². The molecule has 0 spiro atoms. The summed E-state index contributed by atoms with van der Waals surface area (Å²) in [6.45, 7) is 9.03. The largest absolute Gasteiger partial charge is 0.440 e. The Morgan fingerprint density at radius 1 is 1.11 bits per heavy atom.